The molecule has 1 N–H and O–H groups in total. The highest BCUT2D eigenvalue weighted by Gasteiger charge is 2.22. The molecule has 3 heterocycles. The van der Waals surface area contributed by atoms with Crippen LogP contribution in [0.4, 0.5) is 5.95 Å². The number of carbonyl (C=O) groups excluding carboxylic acids is 1. The van der Waals surface area contributed by atoms with Gasteiger partial charge in [-0.15, -0.1) is 0 Å². The van der Waals surface area contributed by atoms with Gasteiger partial charge in [-0.1, -0.05) is 24.3 Å². The van der Waals surface area contributed by atoms with E-state index in [1.807, 2.05) is 29.2 Å². The van der Waals surface area contributed by atoms with E-state index in [4.69, 9.17) is 4.42 Å². The number of nitrogens with zero attached hydrogens (tertiary/aromatic N) is 3. The fourth-order valence-corrected chi connectivity index (χ4v) is 2.97. The van der Waals surface area contributed by atoms with Gasteiger partial charge < -0.3 is 14.6 Å². The van der Waals surface area contributed by atoms with Crippen LogP contribution in [0.3, 0.4) is 0 Å². The van der Waals surface area contributed by atoms with Crippen molar-refractivity contribution >= 4 is 11.9 Å². The van der Waals surface area contributed by atoms with Gasteiger partial charge in [-0.25, -0.2) is 9.97 Å². The molecule has 6 nitrogen and oxygen atoms in total. The summed E-state index contributed by atoms with van der Waals surface area (Å²) >= 11 is 0. The van der Waals surface area contributed by atoms with Crippen LogP contribution in [0.1, 0.15) is 27.4 Å². The van der Waals surface area contributed by atoms with Crippen LogP contribution in [0.25, 0.3) is 0 Å². The van der Waals surface area contributed by atoms with Crippen molar-refractivity contribution < 1.29 is 9.21 Å². The highest BCUT2D eigenvalue weighted by Crippen LogP contribution is 2.20. The minimum Gasteiger partial charge on any atom is -0.467 e. The summed E-state index contributed by atoms with van der Waals surface area (Å²) in [6.45, 7) is 1.80. The predicted molar refractivity (Wildman–Crippen MR) is 93.0 cm³/mol. The molecule has 25 heavy (non-hydrogen) atoms. The summed E-state index contributed by atoms with van der Waals surface area (Å²) in [5.41, 5.74) is 2.92. The molecule has 4 rings (SSSR count). The smallest absolute Gasteiger partial charge is 0.272 e. The number of anilines is 1. The van der Waals surface area contributed by atoms with Gasteiger partial charge in [0.25, 0.3) is 5.91 Å². The molecule has 0 fully saturated rings. The second-order valence-corrected chi connectivity index (χ2v) is 5.94. The summed E-state index contributed by atoms with van der Waals surface area (Å²) < 4.78 is 5.27. The van der Waals surface area contributed by atoms with Crippen molar-refractivity contribution in [3.05, 3.63) is 77.5 Å². The number of rotatable bonds is 4. The number of fused-ring (bicyclic) bond motifs is 1. The van der Waals surface area contributed by atoms with Gasteiger partial charge in [-0.05, 0) is 35.7 Å². The van der Waals surface area contributed by atoms with E-state index in [1.165, 1.54) is 11.1 Å². The first-order valence-electron chi connectivity index (χ1n) is 8.25. The fraction of sp³-hybridized carbons (Fsp3) is 0.211. The third-order valence-electron chi connectivity index (χ3n) is 4.29. The van der Waals surface area contributed by atoms with E-state index < -0.39 is 0 Å². The van der Waals surface area contributed by atoms with Crippen LogP contribution in [0, 0.1) is 0 Å². The van der Waals surface area contributed by atoms with Crippen LogP contribution < -0.4 is 5.32 Å². The molecule has 3 aromatic rings. The van der Waals surface area contributed by atoms with Crippen molar-refractivity contribution in [3.8, 4) is 0 Å². The van der Waals surface area contributed by atoms with Gasteiger partial charge >= 0.3 is 0 Å². The number of aromatic nitrogens is 2. The van der Waals surface area contributed by atoms with Crippen molar-refractivity contribution in [1.29, 1.82) is 0 Å². The third-order valence-corrected chi connectivity index (χ3v) is 4.29. The Morgan fingerprint density at radius 1 is 1.16 bits per heavy atom. The average molecular weight is 334 g/mol. The van der Waals surface area contributed by atoms with Gasteiger partial charge in [-0.3, -0.25) is 4.79 Å². The van der Waals surface area contributed by atoms with Crippen LogP contribution in [0.15, 0.2) is 59.3 Å². The number of furan rings is 1. The van der Waals surface area contributed by atoms with Crippen LogP contribution in [-0.4, -0.2) is 27.3 Å². The molecular weight excluding hydrogens is 316 g/mol. The van der Waals surface area contributed by atoms with Gasteiger partial charge in [0.2, 0.25) is 5.95 Å². The van der Waals surface area contributed by atoms with Gasteiger partial charge in [0.15, 0.2) is 0 Å². The standard InChI is InChI=1S/C19H18N4O2/c24-18(23-10-8-14-4-1-2-5-15(14)13-23)17-7-9-20-19(22-17)21-12-16-6-3-11-25-16/h1-7,9,11H,8,10,12-13H2,(H,20,21,22). The molecule has 0 saturated heterocycles. The molecule has 0 bridgehead atoms. The Morgan fingerprint density at radius 2 is 2.04 bits per heavy atom. The minimum atomic E-state index is -0.0713. The Bertz CT molecular complexity index is 877. The Kier molecular flexibility index (Phi) is 4.16. The summed E-state index contributed by atoms with van der Waals surface area (Å²) in [6, 6.07) is 13.6. The predicted octanol–water partition coefficient (Wildman–Crippen LogP) is 2.88. The van der Waals surface area contributed by atoms with Crippen molar-refractivity contribution in [2.45, 2.75) is 19.5 Å². The molecular formula is C19H18N4O2. The van der Waals surface area contributed by atoms with Crippen molar-refractivity contribution in [1.82, 2.24) is 14.9 Å². The minimum absolute atomic E-state index is 0.0713. The van der Waals surface area contributed by atoms with Crippen molar-refractivity contribution in [3.63, 3.8) is 0 Å². The van der Waals surface area contributed by atoms with E-state index in [2.05, 4.69) is 27.4 Å². The quantitative estimate of drug-likeness (QED) is 0.794. The van der Waals surface area contributed by atoms with E-state index in [0.29, 0.717) is 31.3 Å². The molecule has 0 radical (unpaired) electrons. The first-order chi connectivity index (χ1) is 12.3. The lowest BCUT2D eigenvalue weighted by atomic mass is 10.00. The van der Waals surface area contributed by atoms with Crippen molar-refractivity contribution in [2.24, 2.45) is 0 Å². The molecule has 1 aromatic carbocycles. The molecule has 6 heteroatoms. The summed E-state index contributed by atoms with van der Waals surface area (Å²) in [6.07, 6.45) is 4.09. The van der Waals surface area contributed by atoms with E-state index in [9.17, 15) is 4.79 Å². The molecule has 0 atom stereocenters. The van der Waals surface area contributed by atoms with E-state index >= 15 is 0 Å². The van der Waals surface area contributed by atoms with Gasteiger partial charge in [0, 0.05) is 19.3 Å². The molecule has 0 unspecified atom stereocenters. The topological polar surface area (TPSA) is 71.3 Å². The lowest BCUT2D eigenvalue weighted by Gasteiger charge is -2.28. The van der Waals surface area contributed by atoms with Gasteiger partial charge in [0.1, 0.15) is 11.5 Å². The maximum atomic E-state index is 12.8. The molecule has 2 aromatic heterocycles. The summed E-state index contributed by atoms with van der Waals surface area (Å²) in [7, 11) is 0. The SMILES string of the molecule is O=C(c1ccnc(NCc2ccco2)n1)N1CCc2ccccc2C1. The van der Waals surface area contributed by atoms with Gasteiger partial charge in [-0.2, -0.15) is 0 Å². The van der Waals surface area contributed by atoms with Crippen molar-refractivity contribution in [2.75, 3.05) is 11.9 Å². The molecule has 1 aliphatic heterocycles. The first kappa shape index (κ1) is 15.4. The first-order valence-corrected chi connectivity index (χ1v) is 8.25. The molecule has 1 amide bonds. The average Bonchev–Trinajstić information content (AvgIpc) is 3.19. The number of hydrogen-bond acceptors (Lipinski definition) is 5. The highest BCUT2D eigenvalue weighted by atomic mass is 16.3. The Labute approximate surface area is 145 Å². The molecule has 0 aliphatic carbocycles. The zero-order valence-electron chi connectivity index (χ0n) is 13.7. The summed E-state index contributed by atoms with van der Waals surface area (Å²) in [5, 5.41) is 3.07. The van der Waals surface area contributed by atoms with Crippen LogP contribution in [0.2, 0.25) is 0 Å². The number of carbonyl (C=O) groups is 1. The number of hydrogen-bond donors (Lipinski definition) is 1. The molecule has 126 valence electrons. The Hall–Kier alpha value is -3.15. The number of benzene rings is 1. The lowest BCUT2D eigenvalue weighted by molar-refractivity contribution is 0.0728. The summed E-state index contributed by atoms with van der Waals surface area (Å²) in [4.78, 5) is 23.1. The van der Waals surface area contributed by atoms with Gasteiger partial charge in [0.05, 0.1) is 12.8 Å². The van der Waals surface area contributed by atoms with E-state index in [-0.39, 0.29) is 5.91 Å². The lowest BCUT2D eigenvalue weighted by Crippen LogP contribution is -2.36. The van der Waals surface area contributed by atoms with Crippen LogP contribution in [0.5, 0.6) is 0 Å². The van der Waals surface area contributed by atoms with E-state index in [1.54, 1.807) is 18.5 Å². The van der Waals surface area contributed by atoms with Crippen LogP contribution >= 0.6 is 0 Å². The maximum Gasteiger partial charge on any atom is 0.272 e. The second kappa shape index (κ2) is 6.76. The monoisotopic (exact) mass is 334 g/mol. The highest BCUT2D eigenvalue weighted by molar-refractivity contribution is 5.92. The second-order valence-electron chi connectivity index (χ2n) is 5.94. The third kappa shape index (κ3) is 3.38. The van der Waals surface area contributed by atoms with Crippen LogP contribution in [-0.2, 0) is 19.5 Å². The summed E-state index contributed by atoms with van der Waals surface area (Å²) in [5.74, 6) is 1.13. The number of amides is 1. The normalized spacial score (nSPS) is 13.4. The largest absolute Gasteiger partial charge is 0.467 e. The zero-order valence-corrected chi connectivity index (χ0v) is 13.7. The Balaban J connectivity index is 1.46. The Morgan fingerprint density at radius 3 is 2.88 bits per heavy atom. The van der Waals surface area contributed by atoms with E-state index in [0.717, 1.165) is 12.2 Å². The molecule has 0 spiro atoms. The molecule has 1 aliphatic rings. The maximum absolute atomic E-state index is 12.8. The molecule has 0 saturated carbocycles. The zero-order chi connectivity index (χ0) is 17.1. The fourth-order valence-electron chi connectivity index (χ4n) is 2.97. The number of nitrogens with one attached hydrogen (secondary N) is 1.